The van der Waals surface area contributed by atoms with Crippen LogP contribution in [-0.4, -0.2) is 16.0 Å². The molecule has 1 amide bonds. The van der Waals surface area contributed by atoms with Crippen molar-refractivity contribution < 1.29 is 9.59 Å². The third kappa shape index (κ3) is 6.82. The molecular weight excluding hydrogens is 636 g/mol. The van der Waals surface area contributed by atoms with Crippen molar-refractivity contribution in [1.29, 1.82) is 0 Å². The molecule has 4 aromatic rings. The van der Waals surface area contributed by atoms with Crippen LogP contribution in [0.5, 0.6) is 0 Å². The van der Waals surface area contributed by atoms with Gasteiger partial charge >= 0.3 is 0 Å². The molecule has 2 atom stereocenters. The summed E-state index contributed by atoms with van der Waals surface area (Å²) >= 11 is 31.6. The van der Waals surface area contributed by atoms with Crippen molar-refractivity contribution in [3.8, 4) is 0 Å². The first kappa shape index (κ1) is 30.5. The highest BCUT2D eigenvalue weighted by Gasteiger charge is 2.67. The molecule has 4 aromatic carbocycles. The van der Waals surface area contributed by atoms with E-state index >= 15 is 0 Å². The Bertz CT molecular complexity index is 1650. The van der Waals surface area contributed by atoms with E-state index < -0.39 is 16.2 Å². The molecule has 0 heterocycles. The number of nitrogens with one attached hydrogen (secondary N) is 2. The number of amides is 1. The number of benzene rings is 4. The van der Waals surface area contributed by atoms with E-state index in [-0.39, 0.29) is 18.1 Å². The normalized spacial score (nSPS) is 17.0. The average molecular weight is 662 g/mol. The van der Waals surface area contributed by atoms with Gasteiger partial charge in [0.15, 0.2) is 5.78 Å². The summed E-state index contributed by atoms with van der Waals surface area (Å²) in [7, 11) is 0. The summed E-state index contributed by atoms with van der Waals surface area (Å²) in [4.78, 5) is 26.5. The van der Waals surface area contributed by atoms with Crippen molar-refractivity contribution in [2.45, 2.75) is 30.1 Å². The summed E-state index contributed by atoms with van der Waals surface area (Å²) in [6.07, 6.45) is 0.147. The Morgan fingerprint density at radius 3 is 2.19 bits per heavy atom. The molecule has 42 heavy (non-hydrogen) atoms. The summed E-state index contributed by atoms with van der Waals surface area (Å²) < 4.78 is -1.32. The first-order valence-electron chi connectivity index (χ1n) is 13.1. The van der Waals surface area contributed by atoms with Crippen molar-refractivity contribution in [2.75, 3.05) is 16.4 Å². The molecule has 0 aromatic heterocycles. The largest absolute Gasteiger partial charge is 0.399 e. The Labute approximate surface area is 269 Å². The van der Waals surface area contributed by atoms with Gasteiger partial charge in [-0.05, 0) is 89.8 Å². The smallest absolute Gasteiger partial charge is 0.231 e. The summed E-state index contributed by atoms with van der Waals surface area (Å²) in [6.45, 7) is 2.61. The fourth-order valence-corrected chi connectivity index (χ4v) is 6.57. The van der Waals surface area contributed by atoms with Crippen molar-refractivity contribution in [1.82, 2.24) is 0 Å². The van der Waals surface area contributed by atoms with Crippen molar-refractivity contribution >= 4 is 86.8 Å². The number of ketones is 1. The van der Waals surface area contributed by atoms with E-state index in [1.54, 1.807) is 36.4 Å². The van der Waals surface area contributed by atoms with E-state index in [1.165, 1.54) is 0 Å². The molecule has 0 aliphatic heterocycles. The highest BCUT2D eigenvalue weighted by molar-refractivity contribution is 6.53. The number of nitrogen functional groups attached to an aromatic ring is 1. The number of Topliss-reactive ketones (excluding diaryl/α,β-unsaturated/α-hetero) is 1. The third-order valence-corrected chi connectivity index (χ3v) is 8.99. The minimum atomic E-state index is -1.32. The molecule has 216 valence electrons. The topological polar surface area (TPSA) is 84.2 Å². The number of nitrogens with two attached hydrogens (primary N) is 1. The number of rotatable bonds is 9. The summed E-state index contributed by atoms with van der Waals surface area (Å²) in [6, 6.07) is 23.3. The molecule has 1 aliphatic rings. The van der Waals surface area contributed by atoms with Gasteiger partial charge in [-0.2, -0.15) is 0 Å². The summed E-state index contributed by atoms with van der Waals surface area (Å²) in [5, 5.41) is 7.35. The van der Waals surface area contributed by atoms with Gasteiger partial charge in [0.1, 0.15) is 4.33 Å². The lowest BCUT2D eigenvalue weighted by Crippen LogP contribution is -2.17. The lowest BCUT2D eigenvalue weighted by molar-refractivity contribution is -0.117. The molecule has 0 radical (unpaired) electrons. The molecule has 1 fully saturated rings. The standard InChI is InChI=1S/C32H26Cl5N3O2/c1-17-10-24(39-16-18-2-5-23(38)6-3-18)7-4-19(17)13-28(41)26-15-25(8-9-27(26)35)40-31(42)30-29(32(30,36)37)20-11-21(33)14-22(34)12-20/h2-12,14-15,29-30,39H,13,16,38H2,1H3,(H,40,42). The van der Waals surface area contributed by atoms with E-state index in [0.717, 1.165) is 28.1 Å². The number of halogens is 5. The Balaban J connectivity index is 1.25. The highest BCUT2D eigenvalue weighted by Crippen LogP contribution is 2.65. The number of hydrogen-bond donors (Lipinski definition) is 3. The Hall–Kier alpha value is -2.93. The van der Waals surface area contributed by atoms with Gasteiger partial charge in [0.25, 0.3) is 0 Å². The molecule has 2 unspecified atom stereocenters. The number of aryl methyl sites for hydroxylation is 1. The SMILES string of the molecule is Cc1cc(NCc2ccc(N)cc2)ccc1CC(=O)c1cc(NC(=O)C2C(c3cc(Cl)cc(Cl)c3)C2(Cl)Cl)ccc1Cl. The molecule has 5 nitrogen and oxygen atoms in total. The monoisotopic (exact) mass is 659 g/mol. The Morgan fingerprint density at radius 2 is 1.52 bits per heavy atom. The second-order valence-electron chi connectivity index (χ2n) is 10.4. The quantitative estimate of drug-likeness (QED) is 0.0949. The van der Waals surface area contributed by atoms with Gasteiger partial charge in [0.05, 0.1) is 10.9 Å². The highest BCUT2D eigenvalue weighted by atomic mass is 35.5. The van der Waals surface area contributed by atoms with Crippen LogP contribution in [0.15, 0.2) is 78.9 Å². The van der Waals surface area contributed by atoms with E-state index in [4.69, 9.17) is 63.7 Å². The van der Waals surface area contributed by atoms with Crippen molar-refractivity contribution in [3.05, 3.63) is 122 Å². The zero-order chi connectivity index (χ0) is 30.2. The molecule has 5 rings (SSSR count). The van der Waals surface area contributed by atoms with Crippen LogP contribution in [0, 0.1) is 12.8 Å². The molecule has 0 bridgehead atoms. The molecule has 0 spiro atoms. The number of anilines is 3. The maximum atomic E-state index is 13.3. The van der Waals surface area contributed by atoms with Crippen LogP contribution < -0.4 is 16.4 Å². The van der Waals surface area contributed by atoms with Gasteiger partial charge in [-0.3, -0.25) is 9.59 Å². The number of carbonyl (C=O) groups is 2. The number of hydrogen-bond acceptors (Lipinski definition) is 4. The molecule has 1 aliphatic carbocycles. The number of alkyl halides is 2. The molecule has 4 N–H and O–H groups in total. The zero-order valence-corrected chi connectivity index (χ0v) is 26.1. The second kappa shape index (κ2) is 12.4. The maximum Gasteiger partial charge on any atom is 0.231 e. The lowest BCUT2D eigenvalue weighted by Gasteiger charge is -2.12. The Kier molecular flexibility index (Phi) is 8.98. The van der Waals surface area contributed by atoms with E-state index in [1.807, 2.05) is 49.4 Å². The minimum absolute atomic E-state index is 0.147. The van der Waals surface area contributed by atoms with Gasteiger partial charge < -0.3 is 16.4 Å². The fraction of sp³-hybridized carbons (Fsp3) is 0.188. The van der Waals surface area contributed by atoms with Gasteiger partial charge in [-0.1, -0.05) is 53.0 Å². The summed E-state index contributed by atoms with van der Waals surface area (Å²) in [5.74, 6) is -1.79. The predicted octanol–water partition coefficient (Wildman–Crippen LogP) is 9.10. The molecule has 10 heteroatoms. The van der Waals surface area contributed by atoms with Crippen LogP contribution in [0.1, 0.15) is 38.5 Å². The zero-order valence-electron chi connectivity index (χ0n) is 22.4. The van der Waals surface area contributed by atoms with Crippen molar-refractivity contribution in [3.63, 3.8) is 0 Å². The predicted molar refractivity (Wildman–Crippen MR) is 175 cm³/mol. The number of carbonyl (C=O) groups excluding carboxylic acids is 2. The first-order chi connectivity index (χ1) is 19.9. The van der Waals surface area contributed by atoms with Gasteiger partial charge in [-0.25, -0.2) is 0 Å². The lowest BCUT2D eigenvalue weighted by atomic mass is 9.98. The Morgan fingerprint density at radius 1 is 0.857 bits per heavy atom. The molecule has 0 saturated heterocycles. The molecule has 1 saturated carbocycles. The van der Waals surface area contributed by atoms with Crippen LogP contribution in [0.3, 0.4) is 0 Å². The van der Waals surface area contributed by atoms with E-state index in [2.05, 4.69) is 10.6 Å². The van der Waals surface area contributed by atoms with Gasteiger partial charge in [0.2, 0.25) is 5.91 Å². The van der Waals surface area contributed by atoms with Crippen LogP contribution in [-0.2, 0) is 17.8 Å². The van der Waals surface area contributed by atoms with Gasteiger partial charge in [-0.15, -0.1) is 23.2 Å². The van der Waals surface area contributed by atoms with Crippen LogP contribution in [0.25, 0.3) is 0 Å². The molecular formula is C32H26Cl5N3O2. The minimum Gasteiger partial charge on any atom is -0.399 e. The van der Waals surface area contributed by atoms with Crippen LogP contribution in [0.4, 0.5) is 17.1 Å². The van der Waals surface area contributed by atoms with Crippen molar-refractivity contribution in [2.24, 2.45) is 5.92 Å². The van der Waals surface area contributed by atoms with Crippen LogP contribution >= 0.6 is 58.0 Å². The third-order valence-electron chi connectivity index (χ3n) is 7.28. The second-order valence-corrected chi connectivity index (χ2v) is 13.1. The fourth-order valence-electron chi connectivity index (χ4n) is 4.97. The summed E-state index contributed by atoms with van der Waals surface area (Å²) in [5.41, 5.74) is 11.8. The first-order valence-corrected chi connectivity index (χ1v) is 15.0. The maximum absolute atomic E-state index is 13.3. The van der Waals surface area contributed by atoms with Gasteiger partial charge in [0, 0.05) is 51.6 Å². The van der Waals surface area contributed by atoms with E-state index in [0.29, 0.717) is 38.4 Å². The average Bonchev–Trinajstić information content (AvgIpc) is 3.52. The van der Waals surface area contributed by atoms with Crippen LogP contribution in [0.2, 0.25) is 15.1 Å². The van der Waals surface area contributed by atoms with E-state index in [9.17, 15) is 9.59 Å².